The molecule has 0 aromatic carbocycles. The molecule has 16 heavy (non-hydrogen) atoms. The van der Waals surface area contributed by atoms with Crippen LogP contribution >= 0.6 is 12.2 Å². The van der Waals surface area contributed by atoms with Crippen molar-refractivity contribution < 1.29 is 0 Å². The van der Waals surface area contributed by atoms with Gasteiger partial charge in [-0.3, -0.25) is 0 Å². The molecule has 3 nitrogen and oxygen atoms in total. The summed E-state index contributed by atoms with van der Waals surface area (Å²) in [7, 11) is 4.19. The van der Waals surface area contributed by atoms with E-state index in [9.17, 15) is 0 Å². The molecule has 0 aromatic rings. The molecule has 0 rings (SSSR count). The lowest BCUT2D eigenvalue weighted by Crippen LogP contribution is -2.48. The lowest BCUT2D eigenvalue weighted by molar-refractivity contribution is 0.262. The van der Waals surface area contributed by atoms with Gasteiger partial charge in [0.05, 0.1) is 0 Å². The van der Waals surface area contributed by atoms with Gasteiger partial charge in [-0.15, -0.1) is 0 Å². The number of likely N-dealkylation sites (N-methyl/N-ethyl adjacent to an activating group) is 2. The molecule has 0 heterocycles. The summed E-state index contributed by atoms with van der Waals surface area (Å²) in [5, 5.41) is 4.22. The molecular formula is C12H27N3S. The maximum atomic E-state index is 5.41. The van der Waals surface area contributed by atoms with Crippen LogP contribution in [-0.2, 0) is 0 Å². The highest BCUT2D eigenvalue weighted by molar-refractivity contribution is 7.80. The second-order valence-electron chi connectivity index (χ2n) is 4.48. The highest BCUT2D eigenvalue weighted by atomic mass is 32.1. The fraction of sp³-hybridized carbons (Fsp3) is 0.917. The van der Waals surface area contributed by atoms with Crippen molar-refractivity contribution in [2.24, 2.45) is 0 Å². The van der Waals surface area contributed by atoms with Crippen molar-refractivity contribution in [3.8, 4) is 0 Å². The summed E-state index contributed by atoms with van der Waals surface area (Å²) in [5.41, 5.74) is 0. The SMILES string of the molecule is CCCCNC(=S)N(CC)C(C)CN(C)C. The zero-order valence-corrected chi connectivity index (χ0v) is 12.2. The van der Waals surface area contributed by atoms with E-state index in [0.717, 1.165) is 24.7 Å². The Hall–Kier alpha value is -0.350. The summed E-state index contributed by atoms with van der Waals surface area (Å²) in [6.45, 7) is 9.55. The molecule has 1 unspecified atom stereocenters. The number of nitrogens with one attached hydrogen (secondary N) is 1. The molecule has 0 aliphatic rings. The molecule has 0 aromatic heterocycles. The Kier molecular flexibility index (Phi) is 8.57. The third-order valence-electron chi connectivity index (χ3n) is 2.57. The van der Waals surface area contributed by atoms with E-state index < -0.39 is 0 Å². The Labute approximate surface area is 106 Å². The topological polar surface area (TPSA) is 18.5 Å². The van der Waals surface area contributed by atoms with Gasteiger partial charge in [-0.05, 0) is 46.6 Å². The van der Waals surface area contributed by atoms with Gasteiger partial charge in [0, 0.05) is 25.7 Å². The van der Waals surface area contributed by atoms with Gasteiger partial charge in [-0.2, -0.15) is 0 Å². The van der Waals surface area contributed by atoms with Crippen molar-refractivity contribution in [2.75, 3.05) is 33.7 Å². The van der Waals surface area contributed by atoms with Crippen LogP contribution in [0.3, 0.4) is 0 Å². The molecule has 0 saturated heterocycles. The van der Waals surface area contributed by atoms with Crippen LogP contribution in [0.15, 0.2) is 0 Å². The molecular weight excluding hydrogens is 218 g/mol. The first-order valence-electron chi connectivity index (χ1n) is 6.22. The van der Waals surface area contributed by atoms with Crippen LogP contribution in [0.1, 0.15) is 33.6 Å². The lowest BCUT2D eigenvalue weighted by Gasteiger charge is -2.32. The van der Waals surface area contributed by atoms with E-state index in [0.29, 0.717) is 6.04 Å². The molecule has 4 heteroatoms. The zero-order chi connectivity index (χ0) is 12.6. The number of thiocarbonyl (C=S) groups is 1. The summed E-state index contributed by atoms with van der Waals surface area (Å²) < 4.78 is 0. The van der Waals surface area contributed by atoms with Gasteiger partial charge in [0.25, 0.3) is 0 Å². The van der Waals surface area contributed by atoms with Gasteiger partial charge >= 0.3 is 0 Å². The van der Waals surface area contributed by atoms with Crippen LogP contribution in [0.2, 0.25) is 0 Å². The minimum Gasteiger partial charge on any atom is -0.363 e. The van der Waals surface area contributed by atoms with Gasteiger partial charge in [0.1, 0.15) is 0 Å². The van der Waals surface area contributed by atoms with E-state index in [4.69, 9.17) is 12.2 Å². The fourth-order valence-electron chi connectivity index (χ4n) is 1.76. The summed E-state index contributed by atoms with van der Waals surface area (Å²) in [4.78, 5) is 4.45. The minimum absolute atomic E-state index is 0.460. The predicted octanol–water partition coefficient (Wildman–Crippen LogP) is 1.93. The predicted molar refractivity (Wildman–Crippen MR) is 75.9 cm³/mol. The summed E-state index contributed by atoms with van der Waals surface area (Å²) in [6.07, 6.45) is 2.38. The molecule has 0 aliphatic carbocycles. The van der Waals surface area contributed by atoms with Crippen molar-refractivity contribution >= 4 is 17.3 Å². The molecule has 0 fully saturated rings. The minimum atomic E-state index is 0.460. The number of hydrogen-bond acceptors (Lipinski definition) is 2. The average molecular weight is 245 g/mol. The third kappa shape index (κ3) is 6.28. The van der Waals surface area contributed by atoms with E-state index >= 15 is 0 Å². The summed E-state index contributed by atoms with van der Waals surface area (Å²) >= 11 is 5.41. The molecule has 96 valence electrons. The average Bonchev–Trinajstić information content (AvgIpc) is 2.18. The van der Waals surface area contributed by atoms with E-state index in [1.165, 1.54) is 12.8 Å². The molecule has 1 N–H and O–H groups in total. The van der Waals surface area contributed by atoms with Crippen LogP contribution < -0.4 is 5.32 Å². The van der Waals surface area contributed by atoms with Crippen molar-refractivity contribution in [3.63, 3.8) is 0 Å². The first kappa shape index (κ1) is 15.7. The highest BCUT2D eigenvalue weighted by Crippen LogP contribution is 2.01. The quantitative estimate of drug-likeness (QED) is 0.545. The normalized spacial score (nSPS) is 12.6. The first-order valence-corrected chi connectivity index (χ1v) is 6.62. The highest BCUT2D eigenvalue weighted by Gasteiger charge is 2.15. The summed E-state index contributed by atoms with van der Waals surface area (Å²) in [5.74, 6) is 0. The van der Waals surface area contributed by atoms with Gasteiger partial charge in [0.2, 0.25) is 0 Å². The van der Waals surface area contributed by atoms with E-state index in [1.807, 2.05) is 0 Å². The fourth-order valence-corrected chi connectivity index (χ4v) is 2.17. The van der Waals surface area contributed by atoms with Crippen molar-refractivity contribution in [1.29, 1.82) is 0 Å². The Morgan fingerprint density at radius 2 is 1.94 bits per heavy atom. The standard InChI is InChI=1S/C12H27N3S/c1-6-8-9-13-12(16)15(7-2)11(3)10-14(4)5/h11H,6-10H2,1-5H3,(H,13,16). The van der Waals surface area contributed by atoms with Crippen LogP contribution in [0, 0.1) is 0 Å². The number of rotatable bonds is 7. The van der Waals surface area contributed by atoms with Gasteiger partial charge in [0.15, 0.2) is 5.11 Å². The molecule has 0 saturated carbocycles. The molecule has 0 spiro atoms. The van der Waals surface area contributed by atoms with Crippen LogP contribution in [-0.4, -0.2) is 54.7 Å². The van der Waals surface area contributed by atoms with E-state index in [2.05, 4.69) is 50.0 Å². The van der Waals surface area contributed by atoms with Gasteiger partial charge in [-0.25, -0.2) is 0 Å². The third-order valence-corrected chi connectivity index (χ3v) is 2.95. The van der Waals surface area contributed by atoms with Gasteiger partial charge in [-0.1, -0.05) is 13.3 Å². The Balaban J connectivity index is 4.09. The van der Waals surface area contributed by atoms with Crippen LogP contribution in [0.25, 0.3) is 0 Å². The monoisotopic (exact) mass is 245 g/mol. The second-order valence-corrected chi connectivity index (χ2v) is 4.87. The molecule has 1 atom stereocenters. The number of unbranched alkanes of at least 4 members (excludes halogenated alkanes) is 1. The van der Waals surface area contributed by atoms with E-state index in [-0.39, 0.29) is 0 Å². The molecule has 0 amide bonds. The lowest BCUT2D eigenvalue weighted by atomic mass is 10.3. The largest absolute Gasteiger partial charge is 0.363 e. The van der Waals surface area contributed by atoms with E-state index in [1.54, 1.807) is 0 Å². The van der Waals surface area contributed by atoms with Crippen LogP contribution in [0.5, 0.6) is 0 Å². The van der Waals surface area contributed by atoms with Crippen molar-refractivity contribution in [1.82, 2.24) is 15.1 Å². The molecule has 0 bridgehead atoms. The maximum Gasteiger partial charge on any atom is 0.169 e. The second kappa shape index (κ2) is 8.76. The van der Waals surface area contributed by atoms with Gasteiger partial charge < -0.3 is 15.1 Å². The van der Waals surface area contributed by atoms with Crippen LogP contribution in [0.4, 0.5) is 0 Å². The number of hydrogen-bond donors (Lipinski definition) is 1. The maximum absolute atomic E-state index is 5.41. The van der Waals surface area contributed by atoms with Crippen molar-refractivity contribution in [3.05, 3.63) is 0 Å². The molecule has 0 radical (unpaired) electrons. The first-order chi connectivity index (χ1) is 7.52. The Morgan fingerprint density at radius 3 is 2.38 bits per heavy atom. The Bertz CT molecular complexity index is 195. The van der Waals surface area contributed by atoms with Crippen molar-refractivity contribution in [2.45, 2.75) is 39.7 Å². The number of nitrogens with zero attached hydrogens (tertiary/aromatic N) is 2. The Morgan fingerprint density at radius 1 is 1.31 bits per heavy atom. The summed E-state index contributed by atoms with van der Waals surface area (Å²) in [6, 6.07) is 0.460. The molecule has 0 aliphatic heterocycles. The zero-order valence-electron chi connectivity index (χ0n) is 11.4. The smallest absolute Gasteiger partial charge is 0.169 e.